The SMILES string of the molecule is Cc1ccc(N2C[C@@H](C(=O)OCc3cc(=O)n4c(C)cccc4n3)CC2=O)cc1. The molecule has 7 nitrogen and oxygen atoms in total. The van der Waals surface area contributed by atoms with E-state index < -0.39 is 11.9 Å². The molecule has 1 amide bonds. The molecule has 0 bridgehead atoms. The highest BCUT2D eigenvalue weighted by atomic mass is 16.5. The second-order valence-electron chi connectivity index (χ2n) is 7.30. The molecule has 3 aromatic rings. The summed E-state index contributed by atoms with van der Waals surface area (Å²) in [5, 5.41) is 0. The maximum atomic E-state index is 12.5. The summed E-state index contributed by atoms with van der Waals surface area (Å²) in [5.74, 6) is -1.10. The third-order valence-electron chi connectivity index (χ3n) is 5.10. The molecule has 0 aliphatic carbocycles. The van der Waals surface area contributed by atoms with Gasteiger partial charge in [-0.15, -0.1) is 0 Å². The normalized spacial score (nSPS) is 16.4. The lowest BCUT2D eigenvalue weighted by molar-refractivity contribution is -0.149. The minimum Gasteiger partial charge on any atom is -0.459 e. The number of aryl methyl sites for hydroxylation is 2. The van der Waals surface area contributed by atoms with E-state index in [1.807, 2.05) is 50.2 Å². The molecule has 1 atom stereocenters. The van der Waals surface area contributed by atoms with Gasteiger partial charge in [0.05, 0.1) is 11.6 Å². The van der Waals surface area contributed by atoms with E-state index in [2.05, 4.69) is 4.98 Å². The predicted octanol–water partition coefficient (Wildman–Crippen LogP) is 2.41. The number of carbonyl (C=O) groups excluding carboxylic acids is 2. The fraction of sp³-hybridized carbons (Fsp3) is 0.273. The van der Waals surface area contributed by atoms with Crippen molar-refractivity contribution in [2.45, 2.75) is 26.9 Å². The van der Waals surface area contributed by atoms with Crippen molar-refractivity contribution < 1.29 is 14.3 Å². The Bertz CT molecular complexity index is 1150. The van der Waals surface area contributed by atoms with Gasteiger partial charge in [-0.3, -0.25) is 18.8 Å². The van der Waals surface area contributed by atoms with Crippen LogP contribution in [0, 0.1) is 19.8 Å². The first-order valence-corrected chi connectivity index (χ1v) is 9.44. The van der Waals surface area contributed by atoms with E-state index in [1.165, 1.54) is 10.5 Å². The van der Waals surface area contributed by atoms with Crippen LogP contribution < -0.4 is 10.5 Å². The summed E-state index contributed by atoms with van der Waals surface area (Å²) in [5.41, 5.74) is 3.32. The largest absolute Gasteiger partial charge is 0.459 e. The number of ether oxygens (including phenoxy) is 1. The van der Waals surface area contributed by atoms with Crippen LogP contribution in [0.5, 0.6) is 0 Å². The number of hydrogen-bond acceptors (Lipinski definition) is 5. The van der Waals surface area contributed by atoms with Gasteiger partial charge < -0.3 is 9.64 Å². The number of pyridine rings is 1. The standard InChI is InChI=1S/C22H21N3O4/c1-14-6-8-18(9-7-14)24-12-16(10-20(24)26)22(28)29-13-17-11-21(27)25-15(2)4-3-5-19(25)23-17/h3-9,11,16H,10,12-13H2,1-2H3/t16-/m0/s1. The Morgan fingerprint density at radius 3 is 2.66 bits per heavy atom. The average molecular weight is 391 g/mol. The zero-order valence-corrected chi connectivity index (χ0v) is 16.3. The summed E-state index contributed by atoms with van der Waals surface area (Å²) in [6.07, 6.45) is 0.111. The molecule has 1 aromatic carbocycles. The highest BCUT2D eigenvalue weighted by Crippen LogP contribution is 2.26. The molecule has 3 heterocycles. The molecule has 0 N–H and O–H groups in total. The Balaban J connectivity index is 1.44. The van der Waals surface area contributed by atoms with E-state index in [-0.39, 0.29) is 31.0 Å². The van der Waals surface area contributed by atoms with Crippen molar-refractivity contribution in [2.75, 3.05) is 11.4 Å². The monoisotopic (exact) mass is 391 g/mol. The van der Waals surface area contributed by atoms with Crippen molar-refractivity contribution in [1.29, 1.82) is 0 Å². The van der Waals surface area contributed by atoms with E-state index in [9.17, 15) is 14.4 Å². The third kappa shape index (κ3) is 3.76. The van der Waals surface area contributed by atoms with Gasteiger partial charge in [0.25, 0.3) is 5.56 Å². The summed E-state index contributed by atoms with van der Waals surface area (Å²) in [4.78, 5) is 43.1. The fourth-order valence-electron chi connectivity index (χ4n) is 3.54. The number of fused-ring (bicyclic) bond motifs is 1. The molecular formula is C22H21N3O4. The molecule has 0 unspecified atom stereocenters. The number of amides is 1. The second-order valence-corrected chi connectivity index (χ2v) is 7.30. The van der Waals surface area contributed by atoms with Crippen LogP contribution in [0.2, 0.25) is 0 Å². The lowest BCUT2D eigenvalue weighted by atomic mass is 10.1. The molecular weight excluding hydrogens is 370 g/mol. The van der Waals surface area contributed by atoms with E-state index >= 15 is 0 Å². The van der Waals surface area contributed by atoms with Gasteiger partial charge in [-0.25, -0.2) is 4.98 Å². The molecule has 7 heteroatoms. The number of rotatable bonds is 4. The Morgan fingerprint density at radius 2 is 1.90 bits per heavy atom. The smallest absolute Gasteiger partial charge is 0.311 e. The number of aromatic nitrogens is 2. The number of benzene rings is 1. The molecule has 1 fully saturated rings. The van der Waals surface area contributed by atoms with E-state index in [0.717, 1.165) is 16.9 Å². The molecule has 1 saturated heterocycles. The van der Waals surface area contributed by atoms with Crippen molar-refractivity contribution in [3.05, 3.63) is 75.8 Å². The highest BCUT2D eigenvalue weighted by molar-refractivity contribution is 5.99. The van der Waals surface area contributed by atoms with E-state index in [4.69, 9.17) is 4.74 Å². The van der Waals surface area contributed by atoms with Gasteiger partial charge >= 0.3 is 5.97 Å². The van der Waals surface area contributed by atoms with Crippen molar-refractivity contribution in [1.82, 2.24) is 9.38 Å². The fourth-order valence-corrected chi connectivity index (χ4v) is 3.54. The molecule has 1 aliphatic heterocycles. The first kappa shape index (κ1) is 18.9. The molecule has 1 aliphatic rings. The van der Waals surface area contributed by atoms with E-state index in [1.54, 1.807) is 11.0 Å². The Labute approximate surface area is 167 Å². The molecule has 0 saturated carbocycles. The van der Waals surface area contributed by atoms with Gasteiger partial charge in [0.1, 0.15) is 12.3 Å². The first-order valence-electron chi connectivity index (χ1n) is 9.44. The zero-order chi connectivity index (χ0) is 20.5. The van der Waals surface area contributed by atoms with Gasteiger partial charge in [0, 0.05) is 30.4 Å². The number of carbonyl (C=O) groups is 2. The minimum absolute atomic E-state index is 0.103. The van der Waals surface area contributed by atoms with E-state index in [0.29, 0.717) is 11.3 Å². The van der Waals surface area contributed by atoms with Crippen molar-refractivity contribution in [2.24, 2.45) is 5.92 Å². The van der Waals surface area contributed by atoms with Gasteiger partial charge in [0.2, 0.25) is 5.91 Å². The maximum absolute atomic E-state index is 12.5. The Kier molecular flexibility index (Phi) is 4.88. The quantitative estimate of drug-likeness (QED) is 0.638. The van der Waals surface area contributed by atoms with Crippen LogP contribution in [0.3, 0.4) is 0 Å². The van der Waals surface area contributed by atoms with Crippen LogP contribution >= 0.6 is 0 Å². The van der Waals surface area contributed by atoms with Crippen LogP contribution in [-0.2, 0) is 20.9 Å². The van der Waals surface area contributed by atoms with Crippen LogP contribution in [0.25, 0.3) is 5.65 Å². The number of nitrogens with zero attached hydrogens (tertiary/aromatic N) is 3. The molecule has 2 aromatic heterocycles. The minimum atomic E-state index is -0.535. The number of esters is 1. The summed E-state index contributed by atoms with van der Waals surface area (Å²) >= 11 is 0. The third-order valence-corrected chi connectivity index (χ3v) is 5.10. The molecule has 148 valence electrons. The lowest BCUT2D eigenvalue weighted by Crippen LogP contribution is -2.26. The number of anilines is 1. The van der Waals surface area contributed by atoms with Crippen molar-refractivity contribution in [3.63, 3.8) is 0 Å². The van der Waals surface area contributed by atoms with Crippen LogP contribution in [0.15, 0.2) is 53.3 Å². The van der Waals surface area contributed by atoms with Crippen molar-refractivity contribution >= 4 is 23.2 Å². The summed E-state index contributed by atoms with van der Waals surface area (Å²) in [7, 11) is 0. The molecule has 29 heavy (non-hydrogen) atoms. The molecule has 0 radical (unpaired) electrons. The predicted molar refractivity (Wildman–Crippen MR) is 108 cm³/mol. The second kappa shape index (κ2) is 7.50. The Hall–Kier alpha value is -3.48. The van der Waals surface area contributed by atoms with Gasteiger partial charge in [0.15, 0.2) is 0 Å². The van der Waals surface area contributed by atoms with Gasteiger partial charge in [-0.05, 0) is 38.1 Å². The maximum Gasteiger partial charge on any atom is 0.311 e. The summed E-state index contributed by atoms with van der Waals surface area (Å²) in [6.45, 7) is 3.98. The van der Waals surface area contributed by atoms with Gasteiger partial charge in [-0.1, -0.05) is 23.8 Å². The first-order chi connectivity index (χ1) is 13.9. The summed E-state index contributed by atoms with van der Waals surface area (Å²) < 4.78 is 6.87. The Morgan fingerprint density at radius 1 is 1.14 bits per heavy atom. The van der Waals surface area contributed by atoms with Crippen LogP contribution in [-0.4, -0.2) is 27.8 Å². The lowest BCUT2D eigenvalue weighted by Gasteiger charge is -2.16. The highest BCUT2D eigenvalue weighted by Gasteiger charge is 2.36. The van der Waals surface area contributed by atoms with Crippen LogP contribution in [0.4, 0.5) is 5.69 Å². The molecule has 0 spiro atoms. The average Bonchev–Trinajstić information content (AvgIpc) is 3.08. The number of hydrogen-bond donors (Lipinski definition) is 0. The topological polar surface area (TPSA) is 81.0 Å². The molecule has 4 rings (SSSR count). The van der Waals surface area contributed by atoms with Crippen molar-refractivity contribution in [3.8, 4) is 0 Å². The zero-order valence-electron chi connectivity index (χ0n) is 16.3. The van der Waals surface area contributed by atoms with Gasteiger partial charge in [-0.2, -0.15) is 0 Å². The van der Waals surface area contributed by atoms with Crippen LogP contribution in [0.1, 0.15) is 23.4 Å². The summed E-state index contributed by atoms with van der Waals surface area (Å²) in [6, 6.07) is 14.3.